The third-order valence-corrected chi connectivity index (χ3v) is 6.64. The average molecular weight is 417 g/mol. The van der Waals surface area contributed by atoms with E-state index in [0.717, 1.165) is 56.1 Å². The van der Waals surface area contributed by atoms with Crippen LogP contribution in [0.2, 0.25) is 0 Å². The lowest BCUT2D eigenvalue weighted by atomic mass is 9.88. The Hall–Kier alpha value is -3.09. The molecule has 0 spiro atoms. The van der Waals surface area contributed by atoms with E-state index >= 15 is 0 Å². The molecule has 0 saturated carbocycles. The molecule has 3 aromatic rings. The normalized spacial score (nSPS) is 19.3. The van der Waals surface area contributed by atoms with Crippen molar-refractivity contribution in [3.8, 4) is 11.3 Å². The molecule has 160 valence electrons. The fourth-order valence-corrected chi connectivity index (χ4v) is 4.71. The van der Waals surface area contributed by atoms with Gasteiger partial charge in [0.25, 0.3) is 5.56 Å². The molecular formula is C24H28N6O. The fourth-order valence-electron chi connectivity index (χ4n) is 4.71. The third-order valence-electron chi connectivity index (χ3n) is 6.64. The summed E-state index contributed by atoms with van der Waals surface area (Å²) in [5.41, 5.74) is 4.16. The van der Waals surface area contributed by atoms with Gasteiger partial charge in [0.2, 0.25) is 0 Å². The van der Waals surface area contributed by atoms with E-state index in [-0.39, 0.29) is 5.56 Å². The Balaban J connectivity index is 1.22. The number of nitrogens with zero attached hydrogens (tertiary/aromatic N) is 6. The second-order valence-corrected chi connectivity index (χ2v) is 8.95. The van der Waals surface area contributed by atoms with Crippen molar-refractivity contribution in [3.05, 3.63) is 64.6 Å². The van der Waals surface area contributed by atoms with E-state index in [1.165, 1.54) is 17.7 Å². The maximum absolute atomic E-state index is 12.6. The number of anilines is 1. The van der Waals surface area contributed by atoms with Crippen LogP contribution in [-0.2, 0) is 19.4 Å². The number of rotatable bonds is 4. The summed E-state index contributed by atoms with van der Waals surface area (Å²) in [4.78, 5) is 23.5. The minimum absolute atomic E-state index is 0.00100. The van der Waals surface area contributed by atoms with Crippen LogP contribution in [0.15, 0.2) is 47.8 Å². The Morgan fingerprint density at radius 1 is 1.06 bits per heavy atom. The van der Waals surface area contributed by atoms with E-state index in [9.17, 15) is 4.79 Å². The van der Waals surface area contributed by atoms with Crippen LogP contribution in [0.3, 0.4) is 0 Å². The van der Waals surface area contributed by atoms with Crippen LogP contribution in [0, 0.1) is 11.8 Å². The van der Waals surface area contributed by atoms with Crippen molar-refractivity contribution in [2.45, 2.75) is 45.6 Å². The molecule has 3 aromatic heterocycles. The first-order valence-corrected chi connectivity index (χ1v) is 11.2. The molecule has 1 saturated heterocycles. The molecule has 2 aliphatic rings. The molecule has 0 aromatic carbocycles. The van der Waals surface area contributed by atoms with Crippen LogP contribution < -0.4 is 10.5 Å². The highest BCUT2D eigenvalue weighted by molar-refractivity contribution is 5.57. The summed E-state index contributed by atoms with van der Waals surface area (Å²) in [6.45, 7) is 4.93. The molecule has 1 unspecified atom stereocenters. The van der Waals surface area contributed by atoms with Gasteiger partial charge in [0.05, 0.1) is 17.7 Å². The monoisotopic (exact) mass is 416 g/mol. The third kappa shape index (κ3) is 4.36. The second kappa shape index (κ2) is 8.57. The molecule has 31 heavy (non-hydrogen) atoms. The van der Waals surface area contributed by atoms with Gasteiger partial charge in [-0.1, -0.05) is 6.92 Å². The van der Waals surface area contributed by atoms with Crippen molar-refractivity contribution in [3.63, 3.8) is 0 Å². The van der Waals surface area contributed by atoms with Crippen LogP contribution in [-0.4, -0.2) is 37.8 Å². The molecule has 1 aliphatic heterocycles. The molecule has 0 N–H and O–H groups in total. The summed E-state index contributed by atoms with van der Waals surface area (Å²) in [6.07, 6.45) is 10.5. The maximum Gasteiger partial charge on any atom is 0.253 e. The maximum atomic E-state index is 12.6. The van der Waals surface area contributed by atoms with Crippen molar-refractivity contribution in [2.75, 3.05) is 18.0 Å². The van der Waals surface area contributed by atoms with Gasteiger partial charge in [0.1, 0.15) is 0 Å². The highest BCUT2D eigenvalue weighted by Crippen LogP contribution is 2.28. The van der Waals surface area contributed by atoms with Crippen LogP contribution in [0.4, 0.5) is 5.82 Å². The van der Waals surface area contributed by atoms with Gasteiger partial charge < -0.3 is 4.90 Å². The SMILES string of the molecule is CC1CCc2nnc(N3CCC(Cn4cnc(-c5ccncc5)cc4=O)CC3)cc2C1. The predicted octanol–water partition coefficient (Wildman–Crippen LogP) is 3.14. The number of fused-ring (bicyclic) bond motifs is 1. The van der Waals surface area contributed by atoms with Gasteiger partial charge >= 0.3 is 0 Å². The zero-order valence-corrected chi connectivity index (χ0v) is 17.9. The minimum atomic E-state index is -0.00100. The number of aromatic nitrogens is 5. The average Bonchev–Trinajstić information content (AvgIpc) is 2.81. The highest BCUT2D eigenvalue weighted by atomic mass is 16.1. The first-order valence-electron chi connectivity index (χ1n) is 11.2. The molecule has 1 aliphatic carbocycles. The zero-order valence-electron chi connectivity index (χ0n) is 17.9. The summed E-state index contributed by atoms with van der Waals surface area (Å²) in [7, 11) is 0. The molecular weight excluding hydrogens is 388 g/mol. The lowest BCUT2D eigenvalue weighted by molar-refractivity contribution is 0.349. The number of piperidine rings is 1. The highest BCUT2D eigenvalue weighted by Gasteiger charge is 2.23. The van der Waals surface area contributed by atoms with Crippen LogP contribution >= 0.6 is 0 Å². The Morgan fingerprint density at radius 2 is 1.87 bits per heavy atom. The molecule has 0 amide bonds. The number of hydrogen-bond donors (Lipinski definition) is 0. The predicted molar refractivity (Wildman–Crippen MR) is 120 cm³/mol. The molecule has 1 fully saturated rings. The smallest absolute Gasteiger partial charge is 0.253 e. The second-order valence-electron chi connectivity index (χ2n) is 8.95. The molecule has 0 bridgehead atoms. The molecule has 7 heteroatoms. The van der Waals surface area contributed by atoms with Crippen molar-refractivity contribution in [2.24, 2.45) is 11.8 Å². The minimum Gasteiger partial charge on any atom is -0.355 e. The Bertz CT molecular complexity index is 1100. The van der Waals surface area contributed by atoms with Gasteiger partial charge in [0.15, 0.2) is 5.82 Å². The summed E-state index contributed by atoms with van der Waals surface area (Å²) in [6, 6.07) is 7.61. The van der Waals surface area contributed by atoms with E-state index in [1.807, 2.05) is 12.1 Å². The standard InChI is InChI=1S/C24H28N6O/c1-17-2-3-21-20(12-17)13-23(28-27-21)29-10-6-18(7-11-29)15-30-16-26-22(14-24(30)31)19-4-8-25-9-5-19/h4-5,8-9,13-14,16-18H,2-3,6-7,10-12,15H2,1H3. The van der Waals surface area contributed by atoms with Gasteiger partial charge in [-0.2, -0.15) is 5.10 Å². The lowest BCUT2D eigenvalue weighted by Gasteiger charge is -2.33. The summed E-state index contributed by atoms with van der Waals surface area (Å²) >= 11 is 0. The van der Waals surface area contributed by atoms with Gasteiger partial charge in [-0.15, -0.1) is 5.10 Å². The fraction of sp³-hybridized carbons (Fsp3) is 0.458. The largest absolute Gasteiger partial charge is 0.355 e. The Labute approximate surface area is 182 Å². The summed E-state index contributed by atoms with van der Waals surface area (Å²) < 4.78 is 1.74. The van der Waals surface area contributed by atoms with Gasteiger partial charge in [-0.25, -0.2) is 4.98 Å². The first kappa shape index (κ1) is 19.8. The van der Waals surface area contributed by atoms with E-state index in [4.69, 9.17) is 0 Å². The lowest BCUT2D eigenvalue weighted by Crippen LogP contribution is -2.37. The number of hydrogen-bond acceptors (Lipinski definition) is 6. The zero-order chi connectivity index (χ0) is 21.2. The van der Waals surface area contributed by atoms with Crippen molar-refractivity contribution >= 4 is 5.82 Å². The Kier molecular flexibility index (Phi) is 5.49. The first-order chi connectivity index (χ1) is 15.2. The molecule has 0 radical (unpaired) electrons. The molecule has 7 nitrogen and oxygen atoms in total. The van der Waals surface area contributed by atoms with E-state index in [0.29, 0.717) is 18.2 Å². The topological polar surface area (TPSA) is 76.8 Å². The molecule has 1 atom stereocenters. The molecule has 4 heterocycles. The van der Waals surface area contributed by atoms with Crippen LogP contribution in [0.1, 0.15) is 37.4 Å². The van der Waals surface area contributed by atoms with Crippen molar-refractivity contribution < 1.29 is 0 Å². The van der Waals surface area contributed by atoms with Crippen LogP contribution in [0.5, 0.6) is 0 Å². The van der Waals surface area contributed by atoms with Crippen molar-refractivity contribution in [1.82, 2.24) is 24.7 Å². The van der Waals surface area contributed by atoms with Gasteiger partial charge in [-0.3, -0.25) is 14.3 Å². The van der Waals surface area contributed by atoms with E-state index in [1.54, 1.807) is 29.4 Å². The Morgan fingerprint density at radius 3 is 2.65 bits per heavy atom. The number of pyridine rings is 1. The van der Waals surface area contributed by atoms with Gasteiger partial charge in [-0.05, 0) is 67.7 Å². The van der Waals surface area contributed by atoms with Crippen molar-refractivity contribution in [1.29, 1.82) is 0 Å². The molecule has 5 rings (SSSR count). The van der Waals surface area contributed by atoms with E-state index in [2.05, 4.69) is 38.1 Å². The summed E-state index contributed by atoms with van der Waals surface area (Å²) in [5.74, 6) is 2.20. The van der Waals surface area contributed by atoms with Crippen LogP contribution in [0.25, 0.3) is 11.3 Å². The quantitative estimate of drug-likeness (QED) is 0.650. The summed E-state index contributed by atoms with van der Waals surface area (Å²) in [5, 5.41) is 9.02. The van der Waals surface area contributed by atoms with Gasteiger partial charge in [0, 0.05) is 43.7 Å². The van der Waals surface area contributed by atoms with E-state index < -0.39 is 0 Å². The number of aryl methyl sites for hydroxylation is 1.